The van der Waals surface area contributed by atoms with Crippen molar-refractivity contribution in [1.29, 1.82) is 0 Å². The van der Waals surface area contributed by atoms with Crippen LogP contribution in [0.5, 0.6) is 5.75 Å². The number of anilines is 2. The zero-order valence-corrected chi connectivity index (χ0v) is 14.7. The summed E-state index contributed by atoms with van der Waals surface area (Å²) in [7, 11) is 0. The molecule has 0 aliphatic carbocycles. The first-order valence-electron chi connectivity index (χ1n) is 8.19. The second kappa shape index (κ2) is 9.07. The molecule has 0 bridgehead atoms. The summed E-state index contributed by atoms with van der Waals surface area (Å²) in [4.78, 5) is 24.3. The van der Waals surface area contributed by atoms with E-state index in [-0.39, 0.29) is 16.9 Å². The normalized spacial score (nSPS) is 10.9. The van der Waals surface area contributed by atoms with Gasteiger partial charge in [0, 0.05) is 18.3 Å². The van der Waals surface area contributed by atoms with E-state index in [4.69, 9.17) is 0 Å². The van der Waals surface area contributed by atoms with Crippen molar-refractivity contribution in [2.45, 2.75) is 19.7 Å². The van der Waals surface area contributed by atoms with Crippen LogP contribution in [0.1, 0.15) is 23.7 Å². The lowest BCUT2D eigenvalue weighted by Crippen LogP contribution is -2.27. The first-order chi connectivity index (χ1) is 13.2. The monoisotopic (exact) mass is 399 g/mol. The Balaban J connectivity index is 2.25. The van der Waals surface area contributed by atoms with Crippen molar-refractivity contribution in [3.8, 4) is 5.75 Å². The number of carbonyl (C=O) groups is 2. The molecule has 0 heterocycles. The highest BCUT2D eigenvalue weighted by Gasteiger charge is 2.31. The Morgan fingerprint density at radius 3 is 2.46 bits per heavy atom. The standard InChI is InChI=1S/C18H17F4N3O3/c1-2-8-23-16(26)14-7-6-13(28-18(20,21)22)10-15(14)25-17(27)24-12-5-3-4-11(19)9-12/h3-7,9-10H,2,8H2,1H3,(H,23,26)(H2,24,25,27). The lowest BCUT2D eigenvalue weighted by molar-refractivity contribution is -0.274. The smallest absolute Gasteiger partial charge is 0.406 e. The molecule has 0 saturated heterocycles. The number of carbonyl (C=O) groups excluding carboxylic acids is 2. The molecule has 0 saturated carbocycles. The van der Waals surface area contributed by atoms with Gasteiger partial charge in [-0.3, -0.25) is 4.79 Å². The molecular weight excluding hydrogens is 382 g/mol. The molecule has 0 unspecified atom stereocenters. The summed E-state index contributed by atoms with van der Waals surface area (Å²) >= 11 is 0. The minimum atomic E-state index is -4.94. The van der Waals surface area contributed by atoms with E-state index in [0.29, 0.717) is 13.0 Å². The van der Waals surface area contributed by atoms with Gasteiger partial charge in [0.25, 0.3) is 5.91 Å². The molecule has 0 fully saturated rings. The van der Waals surface area contributed by atoms with Crippen LogP contribution in [0.3, 0.4) is 0 Å². The molecule has 0 radical (unpaired) electrons. The quantitative estimate of drug-likeness (QED) is 0.626. The van der Waals surface area contributed by atoms with Crippen molar-refractivity contribution in [2.24, 2.45) is 0 Å². The third-order valence-electron chi connectivity index (χ3n) is 3.34. The number of benzene rings is 2. The Hall–Kier alpha value is -3.30. The van der Waals surface area contributed by atoms with Gasteiger partial charge in [-0.15, -0.1) is 13.2 Å². The predicted octanol–water partition coefficient (Wildman–Crippen LogP) is 4.51. The zero-order valence-electron chi connectivity index (χ0n) is 14.7. The SMILES string of the molecule is CCCNC(=O)c1ccc(OC(F)(F)F)cc1NC(=O)Nc1cccc(F)c1. The van der Waals surface area contributed by atoms with E-state index < -0.39 is 29.9 Å². The molecular formula is C18H17F4N3O3. The molecule has 0 aliphatic heterocycles. The summed E-state index contributed by atoms with van der Waals surface area (Å²) in [6.45, 7) is 2.17. The molecule has 150 valence electrons. The first-order valence-corrected chi connectivity index (χ1v) is 8.19. The van der Waals surface area contributed by atoms with Crippen molar-refractivity contribution in [2.75, 3.05) is 17.2 Å². The Kier molecular flexibility index (Phi) is 6.80. The number of alkyl halides is 3. The first kappa shape index (κ1) is 21.0. The van der Waals surface area contributed by atoms with E-state index in [9.17, 15) is 27.2 Å². The number of amides is 3. The Labute approximate surface area is 157 Å². The van der Waals surface area contributed by atoms with Crippen LogP contribution < -0.4 is 20.7 Å². The minimum Gasteiger partial charge on any atom is -0.406 e. The topological polar surface area (TPSA) is 79.5 Å². The van der Waals surface area contributed by atoms with E-state index in [1.807, 2.05) is 6.92 Å². The molecule has 2 aromatic carbocycles. The fourth-order valence-corrected chi connectivity index (χ4v) is 2.21. The van der Waals surface area contributed by atoms with Crippen LogP contribution in [0.15, 0.2) is 42.5 Å². The van der Waals surface area contributed by atoms with Gasteiger partial charge in [-0.05, 0) is 36.8 Å². The van der Waals surface area contributed by atoms with E-state index >= 15 is 0 Å². The largest absolute Gasteiger partial charge is 0.573 e. The fraction of sp³-hybridized carbons (Fsp3) is 0.222. The van der Waals surface area contributed by atoms with Gasteiger partial charge in [0.1, 0.15) is 11.6 Å². The van der Waals surface area contributed by atoms with Gasteiger partial charge in [-0.25, -0.2) is 9.18 Å². The predicted molar refractivity (Wildman–Crippen MR) is 94.8 cm³/mol. The van der Waals surface area contributed by atoms with Crippen LogP contribution in [0, 0.1) is 5.82 Å². The molecule has 3 amide bonds. The lowest BCUT2D eigenvalue weighted by Gasteiger charge is -2.15. The number of hydrogen-bond acceptors (Lipinski definition) is 3. The van der Waals surface area contributed by atoms with Gasteiger partial charge in [0.2, 0.25) is 0 Å². The van der Waals surface area contributed by atoms with E-state index in [2.05, 4.69) is 20.7 Å². The summed E-state index contributed by atoms with van der Waals surface area (Å²) in [5.74, 6) is -1.78. The third kappa shape index (κ3) is 6.45. The van der Waals surface area contributed by atoms with Crippen molar-refractivity contribution >= 4 is 23.3 Å². The number of rotatable bonds is 6. The van der Waals surface area contributed by atoms with Crippen LogP contribution in [-0.4, -0.2) is 24.8 Å². The highest BCUT2D eigenvalue weighted by molar-refractivity contribution is 6.06. The van der Waals surface area contributed by atoms with Crippen molar-refractivity contribution in [3.63, 3.8) is 0 Å². The number of ether oxygens (including phenoxy) is 1. The van der Waals surface area contributed by atoms with Crippen LogP contribution in [0.2, 0.25) is 0 Å². The molecule has 0 atom stereocenters. The van der Waals surface area contributed by atoms with Crippen molar-refractivity contribution < 1.29 is 31.9 Å². The number of urea groups is 1. The molecule has 3 N–H and O–H groups in total. The highest BCUT2D eigenvalue weighted by Crippen LogP contribution is 2.28. The molecule has 0 aromatic heterocycles. The van der Waals surface area contributed by atoms with E-state index in [0.717, 1.165) is 24.3 Å². The lowest BCUT2D eigenvalue weighted by atomic mass is 10.1. The summed E-state index contributed by atoms with van der Waals surface area (Å²) in [6, 6.07) is 7.08. The third-order valence-corrected chi connectivity index (χ3v) is 3.34. The Morgan fingerprint density at radius 1 is 1.07 bits per heavy atom. The minimum absolute atomic E-state index is 0.0580. The second-order valence-corrected chi connectivity index (χ2v) is 5.60. The van der Waals surface area contributed by atoms with Crippen LogP contribution in [-0.2, 0) is 0 Å². The Morgan fingerprint density at radius 2 is 1.82 bits per heavy atom. The zero-order chi connectivity index (χ0) is 20.7. The molecule has 2 rings (SSSR count). The average molecular weight is 399 g/mol. The van der Waals surface area contributed by atoms with Crippen LogP contribution in [0.4, 0.5) is 33.7 Å². The van der Waals surface area contributed by atoms with Crippen LogP contribution in [0.25, 0.3) is 0 Å². The van der Waals surface area contributed by atoms with Gasteiger partial charge in [0.05, 0.1) is 11.3 Å². The maximum Gasteiger partial charge on any atom is 0.573 e. The summed E-state index contributed by atoms with van der Waals surface area (Å²) in [5.41, 5.74) is -0.140. The Bertz CT molecular complexity index is 856. The number of hydrogen-bond donors (Lipinski definition) is 3. The van der Waals surface area contributed by atoms with Gasteiger partial charge in [-0.1, -0.05) is 13.0 Å². The molecule has 6 nitrogen and oxygen atoms in total. The maximum absolute atomic E-state index is 13.2. The second-order valence-electron chi connectivity index (χ2n) is 5.60. The van der Waals surface area contributed by atoms with Gasteiger partial charge in [-0.2, -0.15) is 0 Å². The molecule has 28 heavy (non-hydrogen) atoms. The van der Waals surface area contributed by atoms with E-state index in [1.165, 1.54) is 18.2 Å². The van der Waals surface area contributed by atoms with E-state index in [1.54, 1.807) is 0 Å². The molecule has 0 spiro atoms. The molecule has 0 aliphatic rings. The maximum atomic E-state index is 13.2. The average Bonchev–Trinajstić information content (AvgIpc) is 2.58. The van der Waals surface area contributed by atoms with Crippen LogP contribution >= 0.6 is 0 Å². The summed E-state index contributed by atoms with van der Waals surface area (Å²) in [5, 5.41) is 7.17. The molecule has 10 heteroatoms. The number of nitrogens with one attached hydrogen (secondary N) is 3. The van der Waals surface area contributed by atoms with Gasteiger partial charge < -0.3 is 20.7 Å². The van der Waals surface area contributed by atoms with Gasteiger partial charge in [0.15, 0.2) is 0 Å². The fourth-order valence-electron chi connectivity index (χ4n) is 2.21. The van der Waals surface area contributed by atoms with Gasteiger partial charge >= 0.3 is 12.4 Å². The van der Waals surface area contributed by atoms with Crippen molar-refractivity contribution in [3.05, 3.63) is 53.8 Å². The molecule has 2 aromatic rings. The summed E-state index contributed by atoms with van der Waals surface area (Å²) < 4.78 is 54.4. The van der Waals surface area contributed by atoms with Crippen molar-refractivity contribution in [1.82, 2.24) is 5.32 Å². The number of halogens is 4. The summed E-state index contributed by atoms with van der Waals surface area (Å²) in [6.07, 6.45) is -4.29. The highest BCUT2D eigenvalue weighted by atomic mass is 19.4.